The highest BCUT2D eigenvalue weighted by molar-refractivity contribution is 5.91. The Morgan fingerprint density at radius 2 is 2.32 bits per heavy atom. The van der Waals surface area contributed by atoms with Crippen LogP contribution in [0.15, 0.2) is 41.1 Å². The van der Waals surface area contributed by atoms with Crippen molar-refractivity contribution in [1.82, 2.24) is 19.9 Å². The van der Waals surface area contributed by atoms with Gasteiger partial charge in [0.25, 0.3) is 5.91 Å². The third-order valence-electron chi connectivity index (χ3n) is 3.25. The Kier molecular flexibility index (Phi) is 4.15. The van der Waals surface area contributed by atoms with Gasteiger partial charge in [0.2, 0.25) is 0 Å². The van der Waals surface area contributed by atoms with Gasteiger partial charge in [0.15, 0.2) is 11.4 Å². The smallest absolute Gasteiger partial charge is 0.287 e. The van der Waals surface area contributed by atoms with Crippen LogP contribution in [0.2, 0.25) is 0 Å². The van der Waals surface area contributed by atoms with E-state index in [4.69, 9.17) is 9.15 Å². The number of carbonyl (C=O) groups excluding carboxylic acids is 1. The second-order valence-corrected chi connectivity index (χ2v) is 4.68. The molecule has 7 heteroatoms. The number of fused-ring (bicyclic) bond motifs is 1. The summed E-state index contributed by atoms with van der Waals surface area (Å²) in [5, 5.41) is 2.79. The number of furan rings is 1. The van der Waals surface area contributed by atoms with Gasteiger partial charge in [0, 0.05) is 19.9 Å². The first-order valence-electron chi connectivity index (χ1n) is 6.90. The van der Waals surface area contributed by atoms with Crippen LogP contribution in [0.4, 0.5) is 0 Å². The average molecular weight is 300 g/mol. The van der Waals surface area contributed by atoms with Gasteiger partial charge in [-0.05, 0) is 24.3 Å². The zero-order valence-electron chi connectivity index (χ0n) is 12.2. The van der Waals surface area contributed by atoms with Crippen molar-refractivity contribution < 1.29 is 13.9 Å². The Labute approximate surface area is 126 Å². The van der Waals surface area contributed by atoms with Gasteiger partial charge in [-0.15, -0.1) is 0 Å². The van der Waals surface area contributed by atoms with Gasteiger partial charge in [-0.2, -0.15) is 0 Å². The highest BCUT2D eigenvalue weighted by Gasteiger charge is 2.14. The molecule has 0 aliphatic heterocycles. The Balaban J connectivity index is 1.81. The second-order valence-electron chi connectivity index (χ2n) is 4.68. The zero-order valence-corrected chi connectivity index (χ0v) is 12.2. The number of imidazole rings is 1. The van der Waals surface area contributed by atoms with Crippen LogP contribution < -0.4 is 5.32 Å². The molecule has 0 unspecified atom stereocenters. The third kappa shape index (κ3) is 2.84. The summed E-state index contributed by atoms with van der Waals surface area (Å²) in [5.74, 6) is 0.728. The zero-order chi connectivity index (χ0) is 15.4. The Hall–Kier alpha value is -2.67. The van der Waals surface area contributed by atoms with Crippen molar-refractivity contribution in [3.05, 3.63) is 48.3 Å². The maximum atomic E-state index is 11.9. The van der Waals surface area contributed by atoms with E-state index in [0.717, 1.165) is 17.0 Å². The number of amides is 1. The normalized spacial score (nSPS) is 11.0. The SMILES string of the molecule is COCCn1c(CNC(=O)c2ccco2)nc2cccnc21. The molecule has 1 N–H and O–H groups in total. The summed E-state index contributed by atoms with van der Waals surface area (Å²) in [7, 11) is 1.64. The number of nitrogens with one attached hydrogen (secondary N) is 1. The van der Waals surface area contributed by atoms with E-state index in [1.165, 1.54) is 6.26 Å². The lowest BCUT2D eigenvalue weighted by atomic mass is 10.4. The van der Waals surface area contributed by atoms with Crippen molar-refractivity contribution in [2.24, 2.45) is 0 Å². The highest BCUT2D eigenvalue weighted by atomic mass is 16.5. The van der Waals surface area contributed by atoms with Gasteiger partial charge in [-0.25, -0.2) is 9.97 Å². The van der Waals surface area contributed by atoms with Crippen molar-refractivity contribution in [2.75, 3.05) is 13.7 Å². The summed E-state index contributed by atoms with van der Waals surface area (Å²) in [4.78, 5) is 20.8. The molecule has 0 atom stereocenters. The Morgan fingerprint density at radius 3 is 3.09 bits per heavy atom. The summed E-state index contributed by atoms with van der Waals surface area (Å²) in [6.07, 6.45) is 3.19. The third-order valence-corrected chi connectivity index (χ3v) is 3.25. The van der Waals surface area contributed by atoms with E-state index in [1.54, 1.807) is 25.4 Å². The quantitative estimate of drug-likeness (QED) is 0.747. The summed E-state index contributed by atoms with van der Waals surface area (Å²) < 4.78 is 12.1. The number of hydrogen-bond acceptors (Lipinski definition) is 5. The van der Waals surface area contributed by atoms with Crippen molar-refractivity contribution in [1.29, 1.82) is 0 Å². The number of hydrogen-bond donors (Lipinski definition) is 1. The molecule has 3 aromatic rings. The summed E-state index contributed by atoms with van der Waals surface area (Å²) in [6, 6.07) is 7.02. The molecular formula is C15H16N4O3. The van der Waals surface area contributed by atoms with Gasteiger partial charge < -0.3 is 19.0 Å². The number of rotatable bonds is 6. The maximum absolute atomic E-state index is 11.9. The highest BCUT2D eigenvalue weighted by Crippen LogP contribution is 2.13. The van der Waals surface area contributed by atoms with Crippen LogP contribution in [-0.2, 0) is 17.8 Å². The number of aromatic nitrogens is 3. The second kappa shape index (κ2) is 6.40. The number of methoxy groups -OCH3 is 1. The summed E-state index contributed by atoms with van der Waals surface area (Å²) in [6.45, 7) is 1.46. The maximum Gasteiger partial charge on any atom is 0.287 e. The predicted octanol–water partition coefficient (Wildman–Crippen LogP) is 1.60. The molecule has 0 radical (unpaired) electrons. The lowest BCUT2D eigenvalue weighted by Crippen LogP contribution is -2.24. The molecule has 0 fully saturated rings. The standard InChI is InChI=1S/C15H16N4O3/c1-21-9-7-19-13(18-11-4-2-6-16-14(11)19)10-17-15(20)12-5-3-8-22-12/h2-6,8H,7,9-10H2,1H3,(H,17,20). The fourth-order valence-corrected chi connectivity index (χ4v) is 2.21. The first-order valence-corrected chi connectivity index (χ1v) is 6.90. The van der Waals surface area contributed by atoms with Crippen molar-refractivity contribution in [3.8, 4) is 0 Å². The van der Waals surface area contributed by atoms with Crippen LogP contribution in [0, 0.1) is 0 Å². The van der Waals surface area contributed by atoms with Crippen molar-refractivity contribution >= 4 is 17.1 Å². The fourth-order valence-electron chi connectivity index (χ4n) is 2.21. The molecule has 22 heavy (non-hydrogen) atoms. The largest absolute Gasteiger partial charge is 0.459 e. The van der Waals surface area contributed by atoms with E-state index in [9.17, 15) is 4.79 Å². The molecule has 3 aromatic heterocycles. The van der Waals surface area contributed by atoms with Gasteiger partial charge in [-0.3, -0.25) is 4.79 Å². The van der Waals surface area contributed by atoms with E-state index in [-0.39, 0.29) is 11.7 Å². The Bertz CT molecular complexity index is 764. The van der Waals surface area contributed by atoms with Gasteiger partial charge >= 0.3 is 0 Å². The molecule has 1 amide bonds. The number of ether oxygens (including phenoxy) is 1. The van der Waals surface area contributed by atoms with E-state index < -0.39 is 0 Å². The van der Waals surface area contributed by atoms with Crippen molar-refractivity contribution in [3.63, 3.8) is 0 Å². The first-order chi connectivity index (χ1) is 10.8. The molecule has 0 saturated heterocycles. The molecule has 0 aliphatic carbocycles. The van der Waals surface area contributed by atoms with Crippen molar-refractivity contribution in [2.45, 2.75) is 13.1 Å². The summed E-state index contributed by atoms with van der Waals surface area (Å²) >= 11 is 0. The minimum atomic E-state index is -0.275. The van der Waals surface area contributed by atoms with E-state index >= 15 is 0 Å². The number of nitrogens with zero attached hydrogens (tertiary/aromatic N) is 3. The van der Waals surface area contributed by atoms with Crippen LogP contribution in [0.1, 0.15) is 16.4 Å². The molecule has 3 rings (SSSR count). The van der Waals surface area contributed by atoms with Crippen LogP contribution in [0.25, 0.3) is 11.2 Å². The van der Waals surface area contributed by atoms with E-state index in [2.05, 4.69) is 15.3 Å². The fraction of sp³-hybridized carbons (Fsp3) is 0.267. The lowest BCUT2D eigenvalue weighted by molar-refractivity contribution is 0.0921. The predicted molar refractivity (Wildman–Crippen MR) is 79.3 cm³/mol. The van der Waals surface area contributed by atoms with Crippen LogP contribution in [-0.4, -0.2) is 34.2 Å². The number of carbonyl (C=O) groups is 1. The lowest BCUT2D eigenvalue weighted by Gasteiger charge is -2.08. The monoisotopic (exact) mass is 300 g/mol. The Morgan fingerprint density at radius 1 is 1.41 bits per heavy atom. The molecule has 0 spiro atoms. The van der Waals surface area contributed by atoms with Gasteiger partial charge in [-0.1, -0.05) is 0 Å². The molecule has 7 nitrogen and oxygen atoms in total. The van der Waals surface area contributed by atoms with E-state index in [1.807, 2.05) is 16.7 Å². The molecular weight excluding hydrogens is 284 g/mol. The van der Waals surface area contributed by atoms with Crippen LogP contribution >= 0.6 is 0 Å². The van der Waals surface area contributed by atoms with E-state index in [0.29, 0.717) is 19.7 Å². The molecule has 0 bridgehead atoms. The van der Waals surface area contributed by atoms with Gasteiger partial charge in [0.1, 0.15) is 11.3 Å². The molecule has 3 heterocycles. The molecule has 114 valence electrons. The molecule has 0 saturated carbocycles. The molecule has 0 aliphatic rings. The minimum Gasteiger partial charge on any atom is -0.459 e. The van der Waals surface area contributed by atoms with Gasteiger partial charge in [0.05, 0.1) is 19.4 Å². The molecule has 0 aromatic carbocycles. The van der Waals surface area contributed by atoms with Crippen LogP contribution in [0.3, 0.4) is 0 Å². The average Bonchev–Trinajstić information content (AvgIpc) is 3.18. The first kappa shape index (κ1) is 14.3. The number of pyridine rings is 1. The van der Waals surface area contributed by atoms with Crippen LogP contribution in [0.5, 0.6) is 0 Å². The minimum absolute atomic E-state index is 0.275. The summed E-state index contributed by atoms with van der Waals surface area (Å²) in [5.41, 5.74) is 1.57. The topological polar surface area (TPSA) is 82.2 Å².